The number of rotatable bonds is 7. The fourth-order valence-corrected chi connectivity index (χ4v) is 2.78. The van der Waals surface area contributed by atoms with Crippen LogP contribution in [0.2, 0.25) is 0 Å². The van der Waals surface area contributed by atoms with Crippen LogP contribution in [0.3, 0.4) is 0 Å². The molecule has 1 heterocycles. The lowest BCUT2D eigenvalue weighted by Gasteiger charge is -2.21. The van der Waals surface area contributed by atoms with Crippen molar-refractivity contribution in [1.29, 1.82) is 0 Å². The standard InChI is InChI=1S/C16H26N2O2/c1-3-19-15-4-6-16(7-5-15)20-9-8-18-12-14(11-17)10-13(18)2/h4-7,13-14H,3,8-12,17H2,1-2H3. The van der Waals surface area contributed by atoms with Gasteiger partial charge in [-0.05, 0) is 57.0 Å². The maximum atomic E-state index is 5.79. The van der Waals surface area contributed by atoms with Crippen molar-refractivity contribution in [3.05, 3.63) is 24.3 Å². The summed E-state index contributed by atoms with van der Waals surface area (Å²) in [7, 11) is 0. The van der Waals surface area contributed by atoms with E-state index in [1.807, 2.05) is 31.2 Å². The molecule has 1 fully saturated rings. The first kappa shape index (κ1) is 15.1. The third kappa shape index (κ3) is 4.12. The van der Waals surface area contributed by atoms with Crippen molar-refractivity contribution in [1.82, 2.24) is 4.90 Å². The molecule has 20 heavy (non-hydrogen) atoms. The van der Waals surface area contributed by atoms with Gasteiger partial charge in [-0.25, -0.2) is 0 Å². The Morgan fingerprint density at radius 3 is 2.40 bits per heavy atom. The van der Waals surface area contributed by atoms with Gasteiger partial charge < -0.3 is 15.2 Å². The molecule has 2 unspecified atom stereocenters. The summed E-state index contributed by atoms with van der Waals surface area (Å²) in [5.41, 5.74) is 5.75. The number of nitrogens with two attached hydrogens (primary N) is 1. The molecule has 0 bridgehead atoms. The summed E-state index contributed by atoms with van der Waals surface area (Å²) in [6, 6.07) is 8.43. The SMILES string of the molecule is CCOc1ccc(OCCN2CC(CN)CC2C)cc1. The van der Waals surface area contributed by atoms with Gasteiger partial charge in [0.15, 0.2) is 0 Å². The van der Waals surface area contributed by atoms with Crippen LogP contribution in [0, 0.1) is 5.92 Å². The molecular formula is C16H26N2O2. The van der Waals surface area contributed by atoms with E-state index in [-0.39, 0.29) is 0 Å². The highest BCUT2D eigenvalue weighted by Crippen LogP contribution is 2.22. The third-order valence-electron chi connectivity index (χ3n) is 3.91. The third-order valence-corrected chi connectivity index (χ3v) is 3.91. The highest BCUT2D eigenvalue weighted by Gasteiger charge is 2.27. The Bertz CT molecular complexity index is 394. The number of hydrogen-bond donors (Lipinski definition) is 1. The molecule has 2 atom stereocenters. The minimum Gasteiger partial charge on any atom is -0.494 e. The van der Waals surface area contributed by atoms with E-state index in [1.165, 1.54) is 6.42 Å². The molecule has 4 nitrogen and oxygen atoms in total. The van der Waals surface area contributed by atoms with Crippen LogP contribution in [-0.2, 0) is 0 Å². The van der Waals surface area contributed by atoms with Crippen molar-refractivity contribution in [3.63, 3.8) is 0 Å². The molecule has 2 rings (SSSR count). The molecule has 1 saturated heterocycles. The smallest absolute Gasteiger partial charge is 0.119 e. The Morgan fingerprint density at radius 1 is 1.20 bits per heavy atom. The highest BCUT2D eigenvalue weighted by atomic mass is 16.5. The molecule has 0 radical (unpaired) electrons. The summed E-state index contributed by atoms with van der Waals surface area (Å²) in [6.45, 7) is 8.52. The van der Waals surface area contributed by atoms with E-state index in [4.69, 9.17) is 15.2 Å². The number of nitrogens with zero attached hydrogens (tertiary/aromatic N) is 1. The van der Waals surface area contributed by atoms with Crippen LogP contribution in [-0.4, -0.2) is 43.8 Å². The van der Waals surface area contributed by atoms with Gasteiger partial charge in [0, 0.05) is 19.1 Å². The van der Waals surface area contributed by atoms with Crippen molar-refractivity contribution in [2.45, 2.75) is 26.3 Å². The van der Waals surface area contributed by atoms with E-state index in [1.54, 1.807) is 0 Å². The van der Waals surface area contributed by atoms with E-state index in [0.717, 1.165) is 37.7 Å². The molecule has 1 aliphatic heterocycles. The number of ether oxygens (including phenoxy) is 2. The lowest BCUT2D eigenvalue weighted by atomic mass is 10.1. The summed E-state index contributed by atoms with van der Waals surface area (Å²) in [4.78, 5) is 2.46. The van der Waals surface area contributed by atoms with Gasteiger partial charge in [0.2, 0.25) is 0 Å². The van der Waals surface area contributed by atoms with Crippen molar-refractivity contribution < 1.29 is 9.47 Å². The van der Waals surface area contributed by atoms with Gasteiger partial charge in [0.25, 0.3) is 0 Å². The monoisotopic (exact) mass is 278 g/mol. The number of benzene rings is 1. The average molecular weight is 278 g/mol. The van der Waals surface area contributed by atoms with Gasteiger partial charge in [-0.15, -0.1) is 0 Å². The van der Waals surface area contributed by atoms with Crippen LogP contribution in [0.1, 0.15) is 20.3 Å². The topological polar surface area (TPSA) is 47.7 Å². The maximum Gasteiger partial charge on any atom is 0.119 e. The second-order valence-electron chi connectivity index (χ2n) is 5.43. The van der Waals surface area contributed by atoms with Crippen LogP contribution in [0.4, 0.5) is 0 Å². The fraction of sp³-hybridized carbons (Fsp3) is 0.625. The molecule has 0 aliphatic carbocycles. The highest BCUT2D eigenvalue weighted by molar-refractivity contribution is 5.31. The van der Waals surface area contributed by atoms with Crippen molar-refractivity contribution in [2.24, 2.45) is 11.7 Å². The maximum absolute atomic E-state index is 5.79. The van der Waals surface area contributed by atoms with Crippen LogP contribution in [0.25, 0.3) is 0 Å². The molecule has 112 valence electrons. The van der Waals surface area contributed by atoms with E-state index in [0.29, 0.717) is 18.6 Å². The van der Waals surface area contributed by atoms with Crippen LogP contribution >= 0.6 is 0 Å². The Morgan fingerprint density at radius 2 is 1.85 bits per heavy atom. The second-order valence-corrected chi connectivity index (χ2v) is 5.43. The molecule has 2 N–H and O–H groups in total. The molecule has 0 aromatic heterocycles. The van der Waals surface area contributed by atoms with E-state index in [2.05, 4.69) is 11.8 Å². The minimum atomic E-state index is 0.618. The second kappa shape index (κ2) is 7.50. The lowest BCUT2D eigenvalue weighted by molar-refractivity contribution is 0.202. The zero-order chi connectivity index (χ0) is 14.4. The summed E-state index contributed by atoms with van der Waals surface area (Å²) in [5, 5.41) is 0. The molecule has 0 amide bonds. The average Bonchev–Trinajstić information content (AvgIpc) is 2.82. The predicted octanol–water partition coefficient (Wildman–Crippen LogP) is 2.13. The first-order valence-corrected chi connectivity index (χ1v) is 7.52. The Balaban J connectivity index is 1.73. The fourth-order valence-electron chi connectivity index (χ4n) is 2.78. The molecule has 1 aliphatic rings. The summed E-state index contributed by atoms with van der Waals surface area (Å²) in [6.07, 6.45) is 1.21. The molecular weight excluding hydrogens is 252 g/mol. The quantitative estimate of drug-likeness (QED) is 0.830. The Hall–Kier alpha value is -1.26. The molecule has 0 saturated carbocycles. The molecule has 4 heteroatoms. The van der Waals surface area contributed by atoms with Gasteiger partial charge in [-0.2, -0.15) is 0 Å². The van der Waals surface area contributed by atoms with Gasteiger partial charge >= 0.3 is 0 Å². The van der Waals surface area contributed by atoms with E-state index < -0.39 is 0 Å². The number of likely N-dealkylation sites (tertiary alicyclic amines) is 1. The van der Waals surface area contributed by atoms with Gasteiger partial charge in [-0.1, -0.05) is 0 Å². The van der Waals surface area contributed by atoms with Crippen molar-refractivity contribution in [2.75, 3.05) is 32.8 Å². The first-order chi connectivity index (χ1) is 9.72. The van der Waals surface area contributed by atoms with Crippen molar-refractivity contribution in [3.8, 4) is 11.5 Å². The zero-order valence-electron chi connectivity index (χ0n) is 12.5. The Kier molecular flexibility index (Phi) is 5.68. The predicted molar refractivity (Wildman–Crippen MR) is 81.3 cm³/mol. The first-order valence-electron chi connectivity index (χ1n) is 7.52. The van der Waals surface area contributed by atoms with Crippen molar-refractivity contribution >= 4 is 0 Å². The van der Waals surface area contributed by atoms with Gasteiger partial charge in [0.05, 0.1) is 6.61 Å². The van der Waals surface area contributed by atoms with Gasteiger partial charge in [-0.3, -0.25) is 4.90 Å². The van der Waals surface area contributed by atoms with Gasteiger partial charge in [0.1, 0.15) is 18.1 Å². The van der Waals surface area contributed by atoms with Crippen LogP contribution in [0.5, 0.6) is 11.5 Å². The zero-order valence-corrected chi connectivity index (χ0v) is 12.5. The molecule has 1 aromatic carbocycles. The van der Waals surface area contributed by atoms with E-state index >= 15 is 0 Å². The lowest BCUT2D eigenvalue weighted by Crippen LogP contribution is -2.32. The number of hydrogen-bond acceptors (Lipinski definition) is 4. The summed E-state index contributed by atoms with van der Waals surface area (Å²) in [5.74, 6) is 2.44. The summed E-state index contributed by atoms with van der Waals surface area (Å²) >= 11 is 0. The minimum absolute atomic E-state index is 0.618. The normalized spacial score (nSPS) is 22.9. The molecule has 0 spiro atoms. The van der Waals surface area contributed by atoms with E-state index in [9.17, 15) is 0 Å². The molecule has 1 aromatic rings. The van der Waals surface area contributed by atoms with Crippen LogP contribution < -0.4 is 15.2 Å². The largest absolute Gasteiger partial charge is 0.494 e. The Labute approximate surface area is 121 Å². The van der Waals surface area contributed by atoms with Crippen LogP contribution in [0.15, 0.2) is 24.3 Å². The summed E-state index contributed by atoms with van der Waals surface area (Å²) < 4.78 is 11.2.